The van der Waals surface area contributed by atoms with E-state index in [4.69, 9.17) is 9.90 Å². The number of carbonyl (C=O) groups excluding carboxylic acids is 1. The van der Waals surface area contributed by atoms with Gasteiger partial charge < -0.3 is 10.1 Å². The maximum absolute atomic E-state index is 12.8. The molecule has 38 heavy (non-hydrogen) atoms. The number of H-pyrrole nitrogens is 1. The van der Waals surface area contributed by atoms with Gasteiger partial charge in [-0.25, -0.2) is 31.3 Å². The molecule has 0 bridgehead atoms. The third kappa shape index (κ3) is 7.39. The number of rotatable bonds is 7. The number of aromatic amines is 1. The predicted molar refractivity (Wildman–Crippen MR) is 126 cm³/mol. The third-order valence-electron chi connectivity index (χ3n) is 5.24. The van der Waals surface area contributed by atoms with E-state index in [-0.39, 0.29) is 17.7 Å². The lowest BCUT2D eigenvalue weighted by atomic mass is 10.0. The molecule has 1 aromatic heterocycles. The molecule has 0 radical (unpaired) electrons. The number of imidazole rings is 1. The molecule has 1 saturated heterocycles. The van der Waals surface area contributed by atoms with Gasteiger partial charge in [-0.3, -0.25) is 9.52 Å². The van der Waals surface area contributed by atoms with E-state index in [0.29, 0.717) is 11.4 Å². The molecule has 1 fully saturated rings. The zero-order chi connectivity index (χ0) is 28.1. The summed E-state index contributed by atoms with van der Waals surface area (Å²) >= 11 is 0. The van der Waals surface area contributed by atoms with Crippen molar-refractivity contribution in [1.29, 1.82) is 0 Å². The van der Waals surface area contributed by atoms with Crippen LogP contribution in [0.1, 0.15) is 34.7 Å². The zero-order valence-electron chi connectivity index (χ0n) is 19.2. The van der Waals surface area contributed by atoms with Crippen molar-refractivity contribution >= 4 is 31.9 Å². The van der Waals surface area contributed by atoms with Gasteiger partial charge in [0, 0.05) is 12.4 Å². The molecule has 0 aliphatic carbocycles. The summed E-state index contributed by atoms with van der Waals surface area (Å²) < 4.78 is 86.1. The summed E-state index contributed by atoms with van der Waals surface area (Å²) in [6.07, 6.45) is -1.77. The highest BCUT2D eigenvalue weighted by Gasteiger charge is 2.38. The van der Waals surface area contributed by atoms with Crippen molar-refractivity contribution in [3.05, 3.63) is 83.9 Å². The number of nitrogens with zero attached hydrogens (tertiary/aromatic N) is 1. The summed E-state index contributed by atoms with van der Waals surface area (Å²) in [5, 5.41) is 6.20. The minimum absolute atomic E-state index is 0.117. The minimum atomic E-state index is -5.08. The van der Waals surface area contributed by atoms with Gasteiger partial charge in [-0.05, 0) is 29.7 Å². The Kier molecular flexibility index (Phi) is 8.58. The van der Waals surface area contributed by atoms with Crippen LogP contribution < -0.4 is 9.44 Å². The quantitative estimate of drug-likeness (QED) is 0.332. The Morgan fingerprint density at radius 1 is 1.13 bits per heavy atom. The fourth-order valence-corrected chi connectivity index (χ4v) is 6.12. The Bertz CT molecular complexity index is 1480. The van der Waals surface area contributed by atoms with Crippen LogP contribution in [0.25, 0.3) is 0 Å². The van der Waals surface area contributed by atoms with E-state index >= 15 is 0 Å². The molecule has 2 atom stereocenters. The van der Waals surface area contributed by atoms with Crippen LogP contribution >= 0.6 is 0 Å². The number of sulfonamides is 2. The molecule has 1 aliphatic rings. The van der Waals surface area contributed by atoms with Gasteiger partial charge in [-0.1, -0.05) is 42.5 Å². The Morgan fingerprint density at radius 2 is 1.74 bits per heavy atom. The van der Waals surface area contributed by atoms with Gasteiger partial charge >= 0.3 is 12.1 Å². The van der Waals surface area contributed by atoms with Crippen LogP contribution in [-0.2, 0) is 36.1 Å². The highest BCUT2D eigenvalue weighted by molar-refractivity contribution is 7.90. The molecule has 1 amide bonds. The van der Waals surface area contributed by atoms with E-state index in [1.807, 2.05) is 4.72 Å². The number of hydrogen-bond acceptors (Lipinski definition) is 7. The van der Waals surface area contributed by atoms with Crippen molar-refractivity contribution in [3.8, 4) is 0 Å². The second-order valence-electron chi connectivity index (χ2n) is 7.97. The van der Waals surface area contributed by atoms with Gasteiger partial charge in [-0.15, -0.1) is 0 Å². The number of aromatic nitrogens is 2. The zero-order valence-corrected chi connectivity index (χ0v) is 20.8. The summed E-state index contributed by atoms with van der Waals surface area (Å²) in [6.45, 7) is 0. The normalized spacial score (nSPS) is 17.7. The van der Waals surface area contributed by atoms with E-state index in [9.17, 15) is 34.8 Å². The second-order valence-corrected chi connectivity index (χ2v) is 11.6. The fraction of sp³-hybridized carbons (Fsp3) is 0.227. The SMILES string of the molecule is O=C(O)C(F)(F)F.O=C1CC(c2ccc(CC(NS(=O)(=O)c3ccccc3)c3ncc[nH]3)cc2)S(=O)(=O)N1. The average Bonchev–Trinajstić information content (AvgIpc) is 3.47. The lowest BCUT2D eigenvalue weighted by Crippen LogP contribution is -2.30. The summed E-state index contributed by atoms with van der Waals surface area (Å²) in [5.41, 5.74) is 1.28. The average molecular weight is 575 g/mol. The first kappa shape index (κ1) is 28.8. The second kappa shape index (κ2) is 11.3. The van der Waals surface area contributed by atoms with Crippen LogP contribution in [-0.4, -0.2) is 50.0 Å². The largest absolute Gasteiger partial charge is 0.490 e. The molecule has 3 aromatic rings. The van der Waals surface area contributed by atoms with Crippen LogP contribution in [0.2, 0.25) is 0 Å². The molecule has 1 aliphatic heterocycles. The smallest absolute Gasteiger partial charge is 0.475 e. The molecular weight excluding hydrogens is 553 g/mol. The first-order valence-electron chi connectivity index (χ1n) is 10.7. The molecule has 11 nitrogen and oxygen atoms in total. The van der Waals surface area contributed by atoms with Crippen LogP contribution in [0.5, 0.6) is 0 Å². The molecule has 4 N–H and O–H groups in total. The summed E-state index contributed by atoms with van der Waals surface area (Å²) in [6, 6.07) is 14.1. The molecule has 16 heteroatoms. The van der Waals surface area contributed by atoms with Crippen molar-refractivity contribution in [2.24, 2.45) is 0 Å². The lowest BCUT2D eigenvalue weighted by molar-refractivity contribution is -0.192. The van der Waals surface area contributed by atoms with Gasteiger partial charge in [0.25, 0.3) is 0 Å². The predicted octanol–water partition coefficient (Wildman–Crippen LogP) is 2.20. The topological polar surface area (TPSA) is 175 Å². The van der Waals surface area contributed by atoms with Gasteiger partial charge in [-0.2, -0.15) is 13.2 Å². The lowest BCUT2D eigenvalue weighted by Gasteiger charge is -2.18. The number of carboxylic acid groups (broad SMARTS) is 1. The van der Waals surface area contributed by atoms with Crippen LogP contribution in [0.3, 0.4) is 0 Å². The Labute approximate surface area is 215 Å². The first-order valence-corrected chi connectivity index (χ1v) is 13.7. The Balaban J connectivity index is 0.000000505. The number of hydrogen-bond donors (Lipinski definition) is 4. The number of aliphatic carboxylic acids is 1. The Hall–Kier alpha value is -3.76. The maximum atomic E-state index is 12.8. The number of halogens is 3. The molecule has 204 valence electrons. The van der Waals surface area contributed by atoms with Crippen LogP contribution in [0, 0.1) is 0 Å². The van der Waals surface area contributed by atoms with Gasteiger partial charge in [0.15, 0.2) is 0 Å². The number of nitrogens with one attached hydrogen (secondary N) is 3. The van der Waals surface area contributed by atoms with Gasteiger partial charge in [0.05, 0.1) is 17.4 Å². The van der Waals surface area contributed by atoms with Gasteiger partial charge in [0.1, 0.15) is 11.1 Å². The summed E-state index contributed by atoms with van der Waals surface area (Å²) in [5.74, 6) is -2.83. The minimum Gasteiger partial charge on any atom is -0.475 e. The van der Waals surface area contributed by atoms with E-state index in [1.165, 1.54) is 18.3 Å². The highest BCUT2D eigenvalue weighted by Crippen LogP contribution is 2.30. The summed E-state index contributed by atoms with van der Waals surface area (Å²) in [7, 11) is -7.51. The van der Waals surface area contributed by atoms with E-state index < -0.39 is 49.4 Å². The van der Waals surface area contributed by atoms with Crippen LogP contribution in [0.15, 0.2) is 71.9 Å². The third-order valence-corrected chi connectivity index (χ3v) is 8.42. The van der Waals surface area contributed by atoms with Crippen molar-refractivity contribution in [1.82, 2.24) is 19.4 Å². The van der Waals surface area contributed by atoms with Crippen molar-refractivity contribution in [2.75, 3.05) is 0 Å². The number of benzene rings is 2. The van der Waals surface area contributed by atoms with Gasteiger partial charge in [0.2, 0.25) is 26.0 Å². The Morgan fingerprint density at radius 3 is 2.21 bits per heavy atom. The number of amides is 1. The fourth-order valence-electron chi connectivity index (χ4n) is 3.47. The van der Waals surface area contributed by atoms with Crippen LogP contribution in [0.4, 0.5) is 13.2 Å². The molecule has 0 saturated carbocycles. The molecular formula is C22H21F3N4O7S2. The molecule has 4 rings (SSSR count). The van der Waals surface area contributed by atoms with E-state index in [0.717, 1.165) is 5.56 Å². The monoisotopic (exact) mass is 574 g/mol. The van der Waals surface area contributed by atoms with Crippen molar-refractivity contribution < 1.29 is 44.7 Å². The highest BCUT2D eigenvalue weighted by atomic mass is 32.2. The summed E-state index contributed by atoms with van der Waals surface area (Å²) in [4.78, 5) is 27.6. The number of alkyl halides is 3. The molecule has 2 unspecified atom stereocenters. The van der Waals surface area contributed by atoms with E-state index in [2.05, 4.69) is 14.7 Å². The van der Waals surface area contributed by atoms with Crippen molar-refractivity contribution in [3.63, 3.8) is 0 Å². The number of carbonyl (C=O) groups is 2. The van der Waals surface area contributed by atoms with Crippen molar-refractivity contribution in [2.45, 2.75) is 35.2 Å². The molecule has 2 heterocycles. The standard InChI is InChI=1S/C20H20N4O5S2.C2HF3O2/c25-19-13-18(31(28,29)24-19)15-8-6-14(7-9-15)12-17(20-21-10-11-22-20)23-30(26,27)16-4-2-1-3-5-16;3-2(4,5)1(6)7/h1-11,17-18,23H,12-13H2,(H,21,22)(H,24,25);(H,6,7). The number of carboxylic acids is 1. The molecule has 2 aromatic carbocycles. The maximum Gasteiger partial charge on any atom is 0.490 e. The molecule has 0 spiro atoms. The van der Waals surface area contributed by atoms with E-state index in [1.54, 1.807) is 48.7 Å². The first-order chi connectivity index (χ1) is 17.7.